The molecule has 1 aliphatic heterocycles. The Hall–Kier alpha value is -2.66. The summed E-state index contributed by atoms with van der Waals surface area (Å²) >= 11 is 0. The normalized spacial score (nSPS) is 17.0. The minimum Gasteiger partial charge on any atom is -0.465 e. The van der Waals surface area contributed by atoms with Crippen LogP contribution < -0.4 is 0 Å². The Kier molecular flexibility index (Phi) is 6.24. The molecule has 1 aliphatic rings. The highest BCUT2D eigenvalue weighted by molar-refractivity contribution is 6.05. The second-order valence-electron chi connectivity index (χ2n) is 6.99. The van der Waals surface area contributed by atoms with Gasteiger partial charge in [0.1, 0.15) is 0 Å². The van der Waals surface area contributed by atoms with E-state index in [2.05, 4.69) is 24.1 Å². The Balaban J connectivity index is 1.71. The largest absolute Gasteiger partial charge is 0.465 e. The van der Waals surface area contributed by atoms with Gasteiger partial charge in [-0.25, -0.2) is 4.79 Å². The summed E-state index contributed by atoms with van der Waals surface area (Å²) in [6.07, 6.45) is 2.02. The zero-order chi connectivity index (χ0) is 19.2. The van der Waals surface area contributed by atoms with E-state index in [0.29, 0.717) is 30.3 Å². The number of likely N-dealkylation sites (tertiary alicyclic amines) is 1. The van der Waals surface area contributed by atoms with Gasteiger partial charge in [0.2, 0.25) is 0 Å². The van der Waals surface area contributed by atoms with Gasteiger partial charge in [-0.2, -0.15) is 0 Å². The van der Waals surface area contributed by atoms with E-state index in [1.807, 2.05) is 23.1 Å². The molecule has 1 atom stereocenters. The standard InChI is InChI=1S/C22H26N2O3/c1-23(15-17-9-4-3-5-10-17)18-11-8-14-24(16-18)21(25)19-12-6-7-13-20(19)22(26)27-2/h3-7,9-10,12-13,18H,8,11,14-16H2,1-2H3/t18-/m1/s1. The van der Waals surface area contributed by atoms with Gasteiger partial charge < -0.3 is 9.64 Å². The summed E-state index contributed by atoms with van der Waals surface area (Å²) in [5, 5.41) is 0. The van der Waals surface area contributed by atoms with Crippen molar-refractivity contribution in [3.8, 4) is 0 Å². The van der Waals surface area contributed by atoms with Gasteiger partial charge in [0.15, 0.2) is 0 Å². The van der Waals surface area contributed by atoms with Crippen molar-refractivity contribution >= 4 is 11.9 Å². The van der Waals surface area contributed by atoms with E-state index < -0.39 is 5.97 Å². The first kappa shape index (κ1) is 19.1. The van der Waals surface area contributed by atoms with Crippen molar-refractivity contribution in [2.45, 2.75) is 25.4 Å². The molecule has 0 bridgehead atoms. The maximum Gasteiger partial charge on any atom is 0.338 e. The zero-order valence-corrected chi connectivity index (χ0v) is 15.9. The van der Waals surface area contributed by atoms with Crippen LogP contribution in [0.15, 0.2) is 54.6 Å². The number of ether oxygens (including phenoxy) is 1. The third-order valence-electron chi connectivity index (χ3n) is 5.14. The number of methoxy groups -OCH3 is 1. The number of piperidine rings is 1. The third kappa shape index (κ3) is 4.55. The molecule has 0 saturated carbocycles. The molecule has 3 rings (SSSR count). The van der Waals surface area contributed by atoms with Crippen molar-refractivity contribution in [3.63, 3.8) is 0 Å². The Labute approximate surface area is 160 Å². The van der Waals surface area contributed by atoms with E-state index in [0.717, 1.165) is 19.4 Å². The van der Waals surface area contributed by atoms with Gasteiger partial charge in [0, 0.05) is 25.7 Å². The van der Waals surface area contributed by atoms with Crippen LogP contribution in [-0.4, -0.2) is 55.0 Å². The smallest absolute Gasteiger partial charge is 0.338 e. The molecule has 1 saturated heterocycles. The zero-order valence-electron chi connectivity index (χ0n) is 15.9. The predicted molar refractivity (Wildman–Crippen MR) is 105 cm³/mol. The Morgan fingerprint density at radius 2 is 1.74 bits per heavy atom. The maximum atomic E-state index is 13.1. The van der Waals surface area contributed by atoms with Crippen LogP contribution in [0.5, 0.6) is 0 Å². The van der Waals surface area contributed by atoms with Crippen LogP contribution in [0, 0.1) is 0 Å². The fourth-order valence-corrected chi connectivity index (χ4v) is 3.63. The molecule has 0 N–H and O–H groups in total. The number of likely N-dealkylation sites (N-methyl/N-ethyl adjacent to an activating group) is 1. The molecular formula is C22H26N2O3. The molecule has 1 heterocycles. The van der Waals surface area contributed by atoms with Crippen molar-refractivity contribution in [2.24, 2.45) is 0 Å². The Morgan fingerprint density at radius 3 is 2.44 bits per heavy atom. The molecule has 2 aromatic rings. The number of esters is 1. The summed E-state index contributed by atoms with van der Waals surface area (Å²) in [5.41, 5.74) is 2.00. The fourth-order valence-electron chi connectivity index (χ4n) is 3.63. The van der Waals surface area contributed by atoms with Crippen LogP contribution in [0.1, 0.15) is 39.1 Å². The summed E-state index contributed by atoms with van der Waals surface area (Å²) in [5.74, 6) is -0.581. The number of benzene rings is 2. The van der Waals surface area contributed by atoms with E-state index in [4.69, 9.17) is 4.74 Å². The molecule has 0 spiro atoms. The lowest BCUT2D eigenvalue weighted by molar-refractivity contribution is 0.0560. The van der Waals surface area contributed by atoms with Gasteiger partial charge in [-0.15, -0.1) is 0 Å². The monoisotopic (exact) mass is 366 g/mol. The van der Waals surface area contributed by atoms with Gasteiger partial charge in [-0.3, -0.25) is 9.69 Å². The third-order valence-corrected chi connectivity index (χ3v) is 5.14. The molecule has 2 aromatic carbocycles. The van der Waals surface area contributed by atoms with Crippen LogP contribution in [0.2, 0.25) is 0 Å². The average Bonchev–Trinajstić information content (AvgIpc) is 2.73. The second-order valence-corrected chi connectivity index (χ2v) is 6.99. The topological polar surface area (TPSA) is 49.9 Å². The number of carbonyl (C=O) groups is 2. The van der Waals surface area contributed by atoms with Gasteiger partial charge in [0.25, 0.3) is 5.91 Å². The summed E-state index contributed by atoms with van der Waals surface area (Å²) in [4.78, 5) is 29.2. The molecule has 142 valence electrons. The molecule has 0 unspecified atom stereocenters. The van der Waals surface area contributed by atoms with Gasteiger partial charge >= 0.3 is 5.97 Å². The highest BCUT2D eigenvalue weighted by Crippen LogP contribution is 2.20. The van der Waals surface area contributed by atoms with Crippen LogP contribution in [0.3, 0.4) is 0 Å². The molecule has 0 aromatic heterocycles. The molecule has 5 heteroatoms. The van der Waals surface area contributed by atoms with Crippen LogP contribution in [0.4, 0.5) is 0 Å². The first-order valence-electron chi connectivity index (χ1n) is 9.31. The minimum absolute atomic E-state index is 0.103. The second kappa shape index (κ2) is 8.82. The quantitative estimate of drug-likeness (QED) is 0.763. The predicted octanol–water partition coefficient (Wildman–Crippen LogP) is 3.21. The summed E-state index contributed by atoms with van der Waals surface area (Å²) in [7, 11) is 3.44. The van der Waals surface area contributed by atoms with Gasteiger partial charge in [-0.1, -0.05) is 42.5 Å². The van der Waals surface area contributed by atoms with Crippen molar-refractivity contribution in [3.05, 3.63) is 71.3 Å². The van der Waals surface area contributed by atoms with E-state index in [1.54, 1.807) is 24.3 Å². The molecule has 1 fully saturated rings. The molecule has 27 heavy (non-hydrogen) atoms. The lowest BCUT2D eigenvalue weighted by atomic mass is 10.0. The van der Waals surface area contributed by atoms with Gasteiger partial charge in [-0.05, 0) is 37.6 Å². The Morgan fingerprint density at radius 1 is 1.07 bits per heavy atom. The van der Waals surface area contributed by atoms with Crippen LogP contribution in [-0.2, 0) is 11.3 Å². The number of hydrogen-bond donors (Lipinski definition) is 0. The summed E-state index contributed by atoms with van der Waals surface area (Å²) in [6.45, 7) is 2.23. The van der Waals surface area contributed by atoms with E-state index in [9.17, 15) is 9.59 Å². The van der Waals surface area contributed by atoms with Gasteiger partial charge in [0.05, 0.1) is 18.2 Å². The molecule has 0 aliphatic carbocycles. The molecule has 1 amide bonds. The van der Waals surface area contributed by atoms with Crippen molar-refractivity contribution in [1.82, 2.24) is 9.80 Å². The lowest BCUT2D eigenvalue weighted by Gasteiger charge is -2.38. The number of carbonyl (C=O) groups excluding carboxylic acids is 2. The van der Waals surface area contributed by atoms with E-state index >= 15 is 0 Å². The average molecular weight is 366 g/mol. The number of hydrogen-bond acceptors (Lipinski definition) is 4. The lowest BCUT2D eigenvalue weighted by Crippen LogP contribution is -2.48. The number of nitrogens with zero attached hydrogens (tertiary/aromatic N) is 2. The van der Waals surface area contributed by atoms with E-state index in [-0.39, 0.29) is 5.91 Å². The Bertz CT molecular complexity index is 791. The number of amides is 1. The van der Waals surface area contributed by atoms with E-state index in [1.165, 1.54) is 12.7 Å². The van der Waals surface area contributed by atoms with Crippen molar-refractivity contribution in [1.29, 1.82) is 0 Å². The summed E-state index contributed by atoms with van der Waals surface area (Å²) in [6, 6.07) is 17.5. The fraction of sp³-hybridized carbons (Fsp3) is 0.364. The minimum atomic E-state index is -0.478. The first-order valence-corrected chi connectivity index (χ1v) is 9.31. The SMILES string of the molecule is COC(=O)c1ccccc1C(=O)N1CCC[C@@H](N(C)Cc2ccccc2)C1. The molecule has 0 radical (unpaired) electrons. The first-order chi connectivity index (χ1) is 13.1. The number of rotatable bonds is 5. The van der Waals surface area contributed by atoms with Crippen LogP contribution in [0.25, 0.3) is 0 Å². The highest BCUT2D eigenvalue weighted by Gasteiger charge is 2.29. The maximum absolute atomic E-state index is 13.1. The van der Waals surface area contributed by atoms with Crippen molar-refractivity contribution < 1.29 is 14.3 Å². The summed E-state index contributed by atoms with van der Waals surface area (Å²) < 4.78 is 4.82. The van der Waals surface area contributed by atoms with Crippen LogP contribution >= 0.6 is 0 Å². The molecule has 5 nitrogen and oxygen atoms in total. The highest BCUT2D eigenvalue weighted by atomic mass is 16.5. The van der Waals surface area contributed by atoms with Crippen molar-refractivity contribution in [2.75, 3.05) is 27.2 Å². The molecular weight excluding hydrogens is 340 g/mol.